The minimum Gasteiger partial charge on any atom is -0.443 e. The molecule has 1 rings (SSSR count). The minimum absolute atomic E-state index is 0.373. The molecule has 0 aliphatic carbocycles. The van der Waals surface area contributed by atoms with Gasteiger partial charge in [0.1, 0.15) is 11.4 Å². The van der Waals surface area contributed by atoms with Crippen molar-refractivity contribution in [1.82, 2.24) is 4.57 Å². The van der Waals surface area contributed by atoms with Gasteiger partial charge in [-0.2, -0.15) is 0 Å². The SMILES string of the molecule is C=Cc1c(C)cn(C(=O)OC(C)(C)C)c1N(C)C. The second kappa shape index (κ2) is 4.88. The number of carbonyl (C=O) groups excluding carboxylic acids is 1. The minimum atomic E-state index is -0.507. The van der Waals surface area contributed by atoms with E-state index in [2.05, 4.69) is 6.58 Å². The maximum absolute atomic E-state index is 12.1. The van der Waals surface area contributed by atoms with Crippen LogP contribution in [0.25, 0.3) is 6.08 Å². The standard InChI is InChI=1S/C14H22N2O2/c1-8-11-10(2)9-16(12(11)15(6)7)13(17)18-14(3,4)5/h8-9H,1H2,2-7H3. The lowest BCUT2D eigenvalue weighted by molar-refractivity contribution is 0.0539. The topological polar surface area (TPSA) is 34.5 Å². The van der Waals surface area contributed by atoms with E-state index in [1.165, 1.54) is 4.57 Å². The second-order valence-corrected chi connectivity index (χ2v) is 5.50. The van der Waals surface area contributed by atoms with Crippen molar-refractivity contribution in [2.75, 3.05) is 19.0 Å². The molecule has 0 fully saturated rings. The maximum Gasteiger partial charge on any atom is 0.420 e. The van der Waals surface area contributed by atoms with Gasteiger partial charge in [0.05, 0.1) is 0 Å². The number of aromatic nitrogens is 1. The molecular weight excluding hydrogens is 228 g/mol. The lowest BCUT2D eigenvalue weighted by Crippen LogP contribution is -2.28. The first kappa shape index (κ1) is 14.4. The van der Waals surface area contributed by atoms with Gasteiger partial charge in [0, 0.05) is 25.9 Å². The first-order valence-electron chi connectivity index (χ1n) is 5.92. The molecule has 0 aliphatic rings. The summed E-state index contributed by atoms with van der Waals surface area (Å²) < 4.78 is 6.92. The van der Waals surface area contributed by atoms with Gasteiger partial charge in [-0.05, 0) is 33.3 Å². The van der Waals surface area contributed by atoms with Gasteiger partial charge in [0.15, 0.2) is 0 Å². The van der Waals surface area contributed by atoms with Crippen LogP contribution in [-0.4, -0.2) is 30.4 Å². The molecule has 0 aliphatic heterocycles. The van der Waals surface area contributed by atoms with Gasteiger partial charge in [-0.25, -0.2) is 9.36 Å². The van der Waals surface area contributed by atoms with Crippen LogP contribution in [0.5, 0.6) is 0 Å². The highest BCUT2D eigenvalue weighted by Gasteiger charge is 2.22. The maximum atomic E-state index is 12.1. The van der Waals surface area contributed by atoms with E-state index in [1.807, 2.05) is 46.7 Å². The highest BCUT2D eigenvalue weighted by Crippen LogP contribution is 2.26. The molecule has 0 radical (unpaired) electrons. The molecule has 1 heterocycles. The second-order valence-electron chi connectivity index (χ2n) is 5.50. The summed E-state index contributed by atoms with van der Waals surface area (Å²) in [6.45, 7) is 11.3. The van der Waals surface area contributed by atoms with Crippen molar-refractivity contribution in [3.05, 3.63) is 23.9 Å². The molecule has 0 bridgehead atoms. The van der Waals surface area contributed by atoms with Crippen molar-refractivity contribution in [2.45, 2.75) is 33.3 Å². The Labute approximate surface area is 109 Å². The molecule has 0 saturated carbocycles. The molecule has 1 aromatic rings. The highest BCUT2D eigenvalue weighted by atomic mass is 16.6. The number of anilines is 1. The van der Waals surface area contributed by atoms with E-state index in [0.29, 0.717) is 0 Å². The van der Waals surface area contributed by atoms with E-state index < -0.39 is 5.60 Å². The molecular formula is C14H22N2O2. The first-order valence-corrected chi connectivity index (χ1v) is 5.92. The van der Waals surface area contributed by atoms with Crippen LogP contribution in [0, 0.1) is 6.92 Å². The van der Waals surface area contributed by atoms with Crippen LogP contribution in [0.1, 0.15) is 31.9 Å². The Hall–Kier alpha value is -1.71. The van der Waals surface area contributed by atoms with Crippen LogP contribution in [0.3, 0.4) is 0 Å². The molecule has 0 amide bonds. The van der Waals surface area contributed by atoms with Crippen LogP contribution in [-0.2, 0) is 4.74 Å². The zero-order valence-corrected chi connectivity index (χ0v) is 12.1. The number of hydrogen-bond acceptors (Lipinski definition) is 3. The molecule has 100 valence electrons. The molecule has 0 spiro atoms. The van der Waals surface area contributed by atoms with Crippen molar-refractivity contribution >= 4 is 18.0 Å². The van der Waals surface area contributed by atoms with Crippen LogP contribution in [0.2, 0.25) is 0 Å². The lowest BCUT2D eigenvalue weighted by atomic mass is 10.2. The summed E-state index contributed by atoms with van der Waals surface area (Å²) in [7, 11) is 3.78. The van der Waals surface area contributed by atoms with Crippen molar-refractivity contribution in [3.8, 4) is 0 Å². The summed E-state index contributed by atoms with van der Waals surface area (Å²) in [5.41, 5.74) is 1.44. The number of nitrogens with zero attached hydrogens (tertiary/aromatic N) is 2. The van der Waals surface area contributed by atoms with Gasteiger partial charge in [0.25, 0.3) is 0 Å². The largest absolute Gasteiger partial charge is 0.443 e. The Bertz CT molecular complexity index is 465. The molecule has 18 heavy (non-hydrogen) atoms. The van der Waals surface area contributed by atoms with Gasteiger partial charge in [-0.15, -0.1) is 0 Å². The third-order valence-electron chi connectivity index (χ3n) is 2.43. The van der Waals surface area contributed by atoms with Crippen LogP contribution < -0.4 is 4.90 Å². The molecule has 0 aromatic carbocycles. The van der Waals surface area contributed by atoms with E-state index in [1.54, 1.807) is 12.3 Å². The molecule has 0 saturated heterocycles. The van der Waals surface area contributed by atoms with Crippen molar-refractivity contribution in [3.63, 3.8) is 0 Å². The summed E-state index contributed by atoms with van der Waals surface area (Å²) in [6.07, 6.45) is 3.16. The zero-order valence-electron chi connectivity index (χ0n) is 12.1. The number of aryl methyl sites for hydroxylation is 1. The molecule has 1 aromatic heterocycles. The summed E-state index contributed by atoms with van der Waals surface area (Å²) >= 11 is 0. The van der Waals surface area contributed by atoms with Gasteiger partial charge < -0.3 is 9.64 Å². The molecule has 0 unspecified atom stereocenters. The molecule has 4 nitrogen and oxygen atoms in total. The number of hydrogen-bond donors (Lipinski definition) is 0. The Morgan fingerprint density at radius 2 is 2.00 bits per heavy atom. The predicted octanol–water partition coefficient (Wildman–Crippen LogP) is 3.29. The fraction of sp³-hybridized carbons (Fsp3) is 0.500. The van der Waals surface area contributed by atoms with Gasteiger partial charge in [-0.1, -0.05) is 12.7 Å². The summed E-state index contributed by atoms with van der Waals surface area (Å²) in [4.78, 5) is 14.0. The third kappa shape index (κ3) is 2.94. The fourth-order valence-electron chi connectivity index (χ4n) is 1.79. The summed E-state index contributed by atoms with van der Waals surface area (Å²) in [5.74, 6) is 0.789. The Kier molecular flexibility index (Phi) is 3.89. The predicted molar refractivity (Wildman–Crippen MR) is 75.2 cm³/mol. The van der Waals surface area contributed by atoms with Crippen LogP contribution >= 0.6 is 0 Å². The highest BCUT2D eigenvalue weighted by molar-refractivity contribution is 5.81. The lowest BCUT2D eigenvalue weighted by Gasteiger charge is -2.22. The Morgan fingerprint density at radius 3 is 2.39 bits per heavy atom. The molecule has 4 heteroatoms. The summed E-state index contributed by atoms with van der Waals surface area (Å²) in [6, 6.07) is 0. The molecule has 0 N–H and O–H groups in total. The van der Waals surface area contributed by atoms with Crippen molar-refractivity contribution in [1.29, 1.82) is 0 Å². The first-order chi connectivity index (χ1) is 8.17. The van der Waals surface area contributed by atoms with Gasteiger partial charge >= 0.3 is 6.09 Å². The third-order valence-corrected chi connectivity index (χ3v) is 2.43. The van der Waals surface area contributed by atoms with Gasteiger partial charge in [-0.3, -0.25) is 0 Å². The molecule has 0 atom stereocenters. The average molecular weight is 250 g/mol. The number of carbonyl (C=O) groups is 1. The van der Waals surface area contributed by atoms with E-state index in [4.69, 9.17) is 4.74 Å². The van der Waals surface area contributed by atoms with E-state index >= 15 is 0 Å². The normalized spacial score (nSPS) is 11.2. The van der Waals surface area contributed by atoms with Gasteiger partial charge in [0.2, 0.25) is 0 Å². The zero-order chi connectivity index (χ0) is 14.1. The monoisotopic (exact) mass is 250 g/mol. The van der Waals surface area contributed by atoms with Crippen LogP contribution in [0.4, 0.5) is 10.6 Å². The number of rotatable bonds is 2. The van der Waals surface area contributed by atoms with E-state index in [9.17, 15) is 4.79 Å². The Morgan fingerprint density at radius 1 is 1.44 bits per heavy atom. The van der Waals surface area contributed by atoms with Crippen LogP contribution in [0.15, 0.2) is 12.8 Å². The van der Waals surface area contributed by atoms with Crippen molar-refractivity contribution in [2.24, 2.45) is 0 Å². The van der Waals surface area contributed by atoms with E-state index in [-0.39, 0.29) is 6.09 Å². The quantitative estimate of drug-likeness (QED) is 0.807. The fourth-order valence-corrected chi connectivity index (χ4v) is 1.79. The average Bonchev–Trinajstić information content (AvgIpc) is 2.52. The number of ether oxygens (including phenoxy) is 1. The Balaban J connectivity index is 3.25. The van der Waals surface area contributed by atoms with E-state index in [0.717, 1.165) is 16.9 Å². The summed E-state index contributed by atoms with van der Waals surface area (Å²) in [5, 5.41) is 0. The smallest absolute Gasteiger partial charge is 0.420 e. The van der Waals surface area contributed by atoms with Crippen molar-refractivity contribution < 1.29 is 9.53 Å².